The van der Waals surface area contributed by atoms with Crippen LogP contribution in [-0.2, 0) is 0 Å². The molecule has 12 aromatic rings. The van der Waals surface area contributed by atoms with Crippen LogP contribution in [-0.4, -0.2) is 0 Å². The lowest BCUT2D eigenvalue weighted by molar-refractivity contribution is 1.28. The van der Waals surface area contributed by atoms with Gasteiger partial charge in [-0.2, -0.15) is 0 Å². The second-order valence-electron chi connectivity index (χ2n) is 17.0. The van der Waals surface area contributed by atoms with E-state index in [-0.39, 0.29) is 0 Å². The van der Waals surface area contributed by atoms with Crippen LogP contribution in [0.25, 0.3) is 76.8 Å². The van der Waals surface area contributed by atoms with Gasteiger partial charge >= 0.3 is 0 Å². The van der Waals surface area contributed by atoms with Gasteiger partial charge in [-0.1, -0.05) is 194 Å². The van der Waals surface area contributed by atoms with Crippen molar-refractivity contribution in [1.82, 2.24) is 0 Å². The predicted molar refractivity (Wildman–Crippen MR) is 281 cm³/mol. The Hall–Kier alpha value is -8.72. The van der Waals surface area contributed by atoms with Crippen molar-refractivity contribution in [2.45, 2.75) is 0 Å². The Morgan fingerprint density at radius 2 is 0.576 bits per heavy atom. The molecule has 66 heavy (non-hydrogen) atoms. The summed E-state index contributed by atoms with van der Waals surface area (Å²) in [6.45, 7) is 0. The molecule has 0 saturated heterocycles. The standard InChI is InChI=1S/C64H44N2/c1-5-15-45(16-6-1)48-29-35-57(36-30-48)65(60-42-54(46-17-7-2-8-18-46)41-55(43-60)47-19-9-3-10-20-47)58-37-31-49(32-38-58)50-33-39-59(40-34-50)66(56-24-11-4-12-25-56)62-44-53-23-13-21-51-27-28-52-22-14-26-61(62)64(52)63(51)53/h1-44H. The molecule has 0 aliphatic rings. The molecule has 0 unspecified atom stereocenters. The normalized spacial score (nSPS) is 11.3. The third-order valence-corrected chi connectivity index (χ3v) is 12.9. The first-order valence-electron chi connectivity index (χ1n) is 22.7. The lowest BCUT2D eigenvalue weighted by Gasteiger charge is -2.28. The zero-order chi connectivity index (χ0) is 43.8. The first-order chi connectivity index (χ1) is 32.7. The molecule has 0 atom stereocenters. The summed E-state index contributed by atoms with van der Waals surface area (Å²) in [5.74, 6) is 0. The van der Waals surface area contributed by atoms with Gasteiger partial charge in [0.1, 0.15) is 0 Å². The summed E-state index contributed by atoms with van der Waals surface area (Å²) < 4.78 is 0. The molecular weight excluding hydrogens is 797 g/mol. The number of rotatable bonds is 10. The number of benzene rings is 12. The van der Waals surface area contributed by atoms with Crippen molar-refractivity contribution >= 4 is 66.4 Å². The average Bonchev–Trinajstić information content (AvgIpc) is 3.40. The summed E-state index contributed by atoms with van der Waals surface area (Å²) in [5.41, 5.74) is 16.0. The zero-order valence-corrected chi connectivity index (χ0v) is 36.3. The molecule has 0 aliphatic heterocycles. The molecule has 2 nitrogen and oxygen atoms in total. The maximum absolute atomic E-state index is 2.41. The van der Waals surface area contributed by atoms with Gasteiger partial charge in [0.05, 0.1) is 5.69 Å². The summed E-state index contributed by atoms with van der Waals surface area (Å²) in [7, 11) is 0. The lowest BCUT2D eigenvalue weighted by atomic mass is 9.92. The Bertz CT molecular complexity index is 3530. The molecule has 0 bridgehead atoms. The third kappa shape index (κ3) is 7.21. The summed E-state index contributed by atoms with van der Waals surface area (Å²) in [6, 6.07) is 96.9. The molecule has 0 fully saturated rings. The van der Waals surface area contributed by atoms with E-state index in [0.29, 0.717) is 0 Å². The summed E-state index contributed by atoms with van der Waals surface area (Å²) in [4.78, 5) is 4.79. The van der Waals surface area contributed by atoms with Gasteiger partial charge in [0.2, 0.25) is 0 Å². The van der Waals surface area contributed by atoms with Crippen LogP contribution in [0.3, 0.4) is 0 Å². The molecule has 0 heterocycles. The van der Waals surface area contributed by atoms with Crippen LogP contribution in [0, 0.1) is 0 Å². The lowest BCUT2D eigenvalue weighted by Crippen LogP contribution is -2.11. The van der Waals surface area contributed by atoms with Crippen molar-refractivity contribution in [3.63, 3.8) is 0 Å². The fourth-order valence-electron chi connectivity index (χ4n) is 9.75. The van der Waals surface area contributed by atoms with Crippen LogP contribution < -0.4 is 9.80 Å². The van der Waals surface area contributed by atoms with Gasteiger partial charge in [-0.05, 0) is 144 Å². The molecule has 0 N–H and O–H groups in total. The second kappa shape index (κ2) is 16.8. The Labute approximate surface area is 385 Å². The van der Waals surface area contributed by atoms with E-state index in [0.717, 1.165) is 39.6 Å². The summed E-state index contributed by atoms with van der Waals surface area (Å²) in [6.07, 6.45) is 0. The Kier molecular flexibility index (Phi) is 9.89. The van der Waals surface area contributed by atoms with E-state index in [2.05, 4.69) is 277 Å². The number of hydrogen-bond acceptors (Lipinski definition) is 2. The number of anilines is 6. The number of hydrogen-bond donors (Lipinski definition) is 0. The summed E-state index contributed by atoms with van der Waals surface area (Å²) >= 11 is 0. The van der Waals surface area contributed by atoms with Crippen LogP contribution in [0.4, 0.5) is 34.1 Å². The molecule has 0 spiro atoms. The second-order valence-corrected chi connectivity index (χ2v) is 17.0. The number of para-hydroxylation sites is 1. The Morgan fingerprint density at radius 3 is 1.08 bits per heavy atom. The Balaban J connectivity index is 0.942. The highest BCUT2D eigenvalue weighted by molar-refractivity contribution is 6.26. The van der Waals surface area contributed by atoms with E-state index >= 15 is 0 Å². The topological polar surface area (TPSA) is 6.48 Å². The van der Waals surface area contributed by atoms with Crippen LogP contribution in [0.1, 0.15) is 0 Å². The van der Waals surface area contributed by atoms with Crippen LogP contribution in [0.2, 0.25) is 0 Å². The molecule has 12 aromatic carbocycles. The van der Waals surface area contributed by atoms with Gasteiger partial charge in [-0.15, -0.1) is 0 Å². The molecule has 310 valence electrons. The first-order valence-corrected chi connectivity index (χ1v) is 22.7. The smallest absolute Gasteiger partial charge is 0.0546 e. The Morgan fingerprint density at radius 1 is 0.197 bits per heavy atom. The molecular formula is C64H44N2. The quantitative estimate of drug-likeness (QED) is 0.127. The minimum absolute atomic E-state index is 1.08. The molecule has 0 aromatic heterocycles. The maximum atomic E-state index is 2.41. The average molecular weight is 841 g/mol. The molecule has 0 aliphatic carbocycles. The zero-order valence-electron chi connectivity index (χ0n) is 36.3. The van der Waals surface area contributed by atoms with Crippen LogP contribution >= 0.6 is 0 Å². The highest BCUT2D eigenvalue weighted by Crippen LogP contribution is 2.46. The van der Waals surface area contributed by atoms with Crippen molar-refractivity contribution in [2.24, 2.45) is 0 Å². The van der Waals surface area contributed by atoms with Gasteiger partial charge in [0.25, 0.3) is 0 Å². The van der Waals surface area contributed by atoms with Crippen molar-refractivity contribution in [2.75, 3.05) is 9.80 Å². The van der Waals surface area contributed by atoms with Crippen molar-refractivity contribution in [3.8, 4) is 44.5 Å². The molecule has 0 amide bonds. The van der Waals surface area contributed by atoms with Crippen molar-refractivity contribution in [1.29, 1.82) is 0 Å². The predicted octanol–water partition coefficient (Wildman–Crippen LogP) is 18.2. The van der Waals surface area contributed by atoms with E-state index in [1.165, 1.54) is 71.4 Å². The van der Waals surface area contributed by atoms with E-state index in [1.54, 1.807) is 0 Å². The first kappa shape index (κ1) is 38.9. The molecule has 0 radical (unpaired) electrons. The largest absolute Gasteiger partial charge is 0.310 e. The highest BCUT2D eigenvalue weighted by Gasteiger charge is 2.20. The van der Waals surface area contributed by atoms with E-state index in [4.69, 9.17) is 0 Å². The van der Waals surface area contributed by atoms with E-state index in [9.17, 15) is 0 Å². The number of nitrogens with zero attached hydrogens (tertiary/aromatic N) is 2. The van der Waals surface area contributed by atoms with E-state index in [1.807, 2.05) is 0 Å². The molecule has 2 heteroatoms. The van der Waals surface area contributed by atoms with Gasteiger partial charge < -0.3 is 9.80 Å². The molecule has 12 rings (SSSR count). The third-order valence-electron chi connectivity index (χ3n) is 12.9. The van der Waals surface area contributed by atoms with Gasteiger partial charge in [-0.25, -0.2) is 0 Å². The summed E-state index contributed by atoms with van der Waals surface area (Å²) in [5, 5.41) is 7.65. The minimum atomic E-state index is 1.08. The molecule has 0 saturated carbocycles. The SMILES string of the molecule is c1ccc(-c2ccc(N(c3ccc(-c4ccc(N(c5ccccc5)c5cc6cccc7ccc8cccc5c8c76)cc4)cc3)c3cc(-c4ccccc4)cc(-c4ccccc4)c3)cc2)cc1. The van der Waals surface area contributed by atoms with Gasteiger partial charge in [0.15, 0.2) is 0 Å². The van der Waals surface area contributed by atoms with Crippen LogP contribution in [0.15, 0.2) is 267 Å². The van der Waals surface area contributed by atoms with Gasteiger partial charge in [0, 0.05) is 33.8 Å². The van der Waals surface area contributed by atoms with Gasteiger partial charge in [-0.3, -0.25) is 0 Å². The fraction of sp³-hybridized carbons (Fsp3) is 0. The van der Waals surface area contributed by atoms with E-state index < -0.39 is 0 Å². The highest BCUT2D eigenvalue weighted by atomic mass is 15.1. The minimum Gasteiger partial charge on any atom is -0.310 e. The monoisotopic (exact) mass is 840 g/mol. The van der Waals surface area contributed by atoms with Crippen LogP contribution in [0.5, 0.6) is 0 Å². The maximum Gasteiger partial charge on any atom is 0.0546 e. The fourth-order valence-corrected chi connectivity index (χ4v) is 9.75. The van der Waals surface area contributed by atoms with Crippen molar-refractivity contribution in [3.05, 3.63) is 267 Å². The van der Waals surface area contributed by atoms with Crippen molar-refractivity contribution < 1.29 is 0 Å².